The fourth-order valence-electron chi connectivity index (χ4n) is 3.48. The molecule has 1 N–H and O–H groups in total. The highest BCUT2D eigenvalue weighted by molar-refractivity contribution is 7.89. The fraction of sp³-hybridized carbons (Fsp3) is 0.429. The maximum Gasteiger partial charge on any atom is 0.240 e. The number of sulfonamides is 1. The zero-order valence-electron chi connectivity index (χ0n) is 16.1. The molecule has 3 rings (SSSR count). The highest BCUT2D eigenvalue weighted by atomic mass is 32.2. The van der Waals surface area contributed by atoms with E-state index < -0.39 is 10.0 Å². The predicted molar refractivity (Wildman–Crippen MR) is 109 cm³/mol. The van der Waals surface area contributed by atoms with Crippen LogP contribution in [0, 0.1) is 6.92 Å². The lowest BCUT2D eigenvalue weighted by molar-refractivity contribution is 0.112. The summed E-state index contributed by atoms with van der Waals surface area (Å²) in [6, 6.07) is 17.5. The summed E-state index contributed by atoms with van der Waals surface area (Å²) in [7, 11) is -1.38. The quantitative estimate of drug-likeness (QED) is 0.791. The van der Waals surface area contributed by atoms with Gasteiger partial charge in [-0.3, -0.25) is 4.90 Å². The first kappa shape index (κ1) is 20.0. The number of hydrogen-bond donors (Lipinski definition) is 1. The van der Waals surface area contributed by atoms with Crippen LogP contribution in [0.5, 0.6) is 0 Å². The topological polar surface area (TPSA) is 52.7 Å². The van der Waals surface area contributed by atoms with Gasteiger partial charge in [0.15, 0.2) is 0 Å². The summed E-state index contributed by atoms with van der Waals surface area (Å²) in [5.74, 6) is 0. The van der Waals surface area contributed by atoms with E-state index in [0.29, 0.717) is 11.4 Å². The molecule has 0 bridgehead atoms. The SMILES string of the molecule is Cc1cccc(S(=O)(=O)NCC(Cc2ccccc2)N2CCN(C)CC2)c1. The average molecular weight is 388 g/mol. The molecular weight excluding hydrogens is 358 g/mol. The average Bonchev–Trinajstić information content (AvgIpc) is 2.67. The summed E-state index contributed by atoms with van der Waals surface area (Å²) in [5, 5.41) is 0. The van der Waals surface area contributed by atoms with Gasteiger partial charge in [0.25, 0.3) is 0 Å². The van der Waals surface area contributed by atoms with Gasteiger partial charge < -0.3 is 4.90 Å². The van der Waals surface area contributed by atoms with Gasteiger partial charge in [0.05, 0.1) is 4.90 Å². The second-order valence-corrected chi connectivity index (χ2v) is 9.12. The Morgan fingerprint density at radius 1 is 1.00 bits per heavy atom. The van der Waals surface area contributed by atoms with Crippen LogP contribution >= 0.6 is 0 Å². The van der Waals surface area contributed by atoms with Gasteiger partial charge in [0.1, 0.15) is 0 Å². The van der Waals surface area contributed by atoms with Crippen molar-refractivity contribution in [2.75, 3.05) is 39.8 Å². The van der Waals surface area contributed by atoms with Crippen LogP contribution in [0.1, 0.15) is 11.1 Å². The first-order valence-electron chi connectivity index (χ1n) is 9.47. The van der Waals surface area contributed by atoms with Gasteiger partial charge in [-0.05, 0) is 43.7 Å². The Morgan fingerprint density at radius 2 is 1.70 bits per heavy atom. The maximum atomic E-state index is 12.7. The van der Waals surface area contributed by atoms with Crippen LogP contribution < -0.4 is 4.72 Å². The Labute approximate surface area is 163 Å². The van der Waals surface area contributed by atoms with E-state index in [0.717, 1.165) is 38.2 Å². The molecule has 0 saturated carbocycles. The zero-order chi connectivity index (χ0) is 19.3. The molecule has 1 aliphatic rings. The predicted octanol–water partition coefficient (Wildman–Crippen LogP) is 2.13. The van der Waals surface area contributed by atoms with E-state index in [1.165, 1.54) is 5.56 Å². The molecule has 1 heterocycles. The van der Waals surface area contributed by atoms with Crippen molar-refractivity contribution in [1.82, 2.24) is 14.5 Å². The molecule has 146 valence electrons. The van der Waals surface area contributed by atoms with Crippen molar-refractivity contribution >= 4 is 10.0 Å². The molecule has 2 aromatic rings. The first-order chi connectivity index (χ1) is 12.9. The van der Waals surface area contributed by atoms with Crippen LogP contribution in [-0.2, 0) is 16.4 Å². The largest absolute Gasteiger partial charge is 0.304 e. The standard InChI is InChI=1S/C21H29N3O2S/c1-18-7-6-10-21(15-18)27(25,26)22-17-20(16-19-8-4-3-5-9-19)24-13-11-23(2)12-14-24/h3-10,15,20,22H,11-14,16-17H2,1-2H3. The van der Waals surface area contributed by atoms with Crippen LogP contribution in [-0.4, -0.2) is 64.0 Å². The fourth-order valence-corrected chi connectivity index (χ4v) is 4.65. The molecule has 1 aliphatic heterocycles. The Hall–Kier alpha value is -1.73. The molecule has 1 saturated heterocycles. The summed E-state index contributed by atoms with van der Waals surface area (Å²) in [6.07, 6.45) is 0.834. The highest BCUT2D eigenvalue weighted by Gasteiger charge is 2.25. The number of rotatable bonds is 7. The van der Waals surface area contributed by atoms with Crippen LogP contribution in [0.2, 0.25) is 0 Å². The third-order valence-corrected chi connectivity index (χ3v) is 6.60. The number of aryl methyl sites for hydroxylation is 1. The van der Waals surface area contributed by atoms with E-state index in [4.69, 9.17) is 0 Å². The molecule has 27 heavy (non-hydrogen) atoms. The molecule has 0 aliphatic carbocycles. The highest BCUT2D eigenvalue weighted by Crippen LogP contribution is 2.14. The molecule has 1 unspecified atom stereocenters. The Kier molecular flexibility index (Phi) is 6.65. The summed E-state index contributed by atoms with van der Waals surface area (Å²) < 4.78 is 28.3. The van der Waals surface area contributed by atoms with E-state index in [-0.39, 0.29) is 6.04 Å². The number of hydrogen-bond acceptors (Lipinski definition) is 4. The summed E-state index contributed by atoms with van der Waals surface area (Å²) in [5.41, 5.74) is 2.17. The van der Waals surface area contributed by atoms with Crippen LogP contribution in [0.3, 0.4) is 0 Å². The minimum atomic E-state index is -3.51. The molecule has 0 radical (unpaired) electrons. The lowest BCUT2D eigenvalue weighted by atomic mass is 10.0. The van der Waals surface area contributed by atoms with Crippen molar-refractivity contribution < 1.29 is 8.42 Å². The van der Waals surface area contributed by atoms with Gasteiger partial charge in [-0.2, -0.15) is 0 Å². The molecule has 0 amide bonds. The van der Waals surface area contributed by atoms with E-state index >= 15 is 0 Å². The second kappa shape index (κ2) is 8.97. The van der Waals surface area contributed by atoms with E-state index in [2.05, 4.69) is 33.7 Å². The van der Waals surface area contributed by atoms with E-state index in [1.807, 2.05) is 31.2 Å². The maximum absolute atomic E-state index is 12.7. The second-order valence-electron chi connectivity index (χ2n) is 7.35. The number of benzene rings is 2. The van der Waals surface area contributed by atoms with Gasteiger partial charge in [0, 0.05) is 38.8 Å². The lowest BCUT2D eigenvalue weighted by Gasteiger charge is -2.38. The van der Waals surface area contributed by atoms with Crippen LogP contribution in [0.25, 0.3) is 0 Å². The summed E-state index contributed by atoms with van der Waals surface area (Å²) >= 11 is 0. The third-order valence-electron chi connectivity index (χ3n) is 5.18. The molecule has 2 aromatic carbocycles. The van der Waals surface area contributed by atoms with E-state index in [9.17, 15) is 8.42 Å². The van der Waals surface area contributed by atoms with E-state index in [1.54, 1.807) is 18.2 Å². The normalized spacial score (nSPS) is 17.7. The molecule has 0 aromatic heterocycles. The summed E-state index contributed by atoms with van der Waals surface area (Å²) in [4.78, 5) is 5.05. The zero-order valence-corrected chi connectivity index (χ0v) is 17.0. The van der Waals surface area contributed by atoms with Gasteiger partial charge >= 0.3 is 0 Å². The lowest BCUT2D eigenvalue weighted by Crippen LogP contribution is -2.53. The van der Waals surface area contributed by atoms with Crippen molar-refractivity contribution in [3.63, 3.8) is 0 Å². The minimum absolute atomic E-state index is 0.140. The Balaban J connectivity index is 1.72. The molecule has 1 atom stereocenters. The van der Waals surface area contributed by atoms with Crippen molar-refractivity contribution in [3.8, 4) is 0 Å². The molecule has 5 nitrogen and oxygen atoms in total. The third kappa shape index (κ3) is 5.62. The van der Waals surface area contributed by atoms with Crippen molar-refractivity contribution in [2.45, 2.75) is 24.3 Å². The number of nitrogens with one attached hydrogen (secondary N) is 1. The van der Waals surface area contributed by atoms with Gasteiger partial charge in [-0.15, -0.1) is 0 Å². The van der Waals surface area contributed by atoms with Crippen molar-refractivity contribution in [1.29, 1.82) is 0 Å². The van der Waals surface area contributed by atoms with Crippen molar-refractivity contribution in [3.05, 3.63) is 65.7 Å². The van der Waals surface area contributed by atoms with Gasteiger partial charge in [-0.25, -0.2) is 13.1 Å². The number of nitrogens with zero attached hydrogens (tertiary/aromatic N) is 2. The molecule has 6 heteroatoms. The van der Waals surface area contributed by atoms with Crippen molar-refractivity contribution in [2.24, 2.45) is 0 Å². The smallest absolute Gasteiger partial charge is 0.240 e. The molecule has 0 spiro atoms. The van der Waals surface area contributed by atoms with Gasteiger partial charge in [0.2, 0.25) is 10.0 Å². The van der Waals surface area contributed by atoms with Crippen LogP contribution in [0.4, 0.5) is 0 Å². The number of piperazine rings is 1. The van der Waals surface area contributed by atoms with Gasteiger partial charge in [-0.1, -0.05) is 42.5 Å². The first-order valence-corrected chi connectivity index (χ1v) is 11.0. The number of likely N-dealkylation sites (N-methyl/N-ethyl adjacent to an activating group) is 1. The minimum Gasteiger partial charge on any atom is -0.304 e. The monoisotopic (exact) mass is 387 g/mol. The molecule has 1 fully saturated rings. The Bertz CT molecular complexity index is 832. The van der Waals surface area contributed by atoms with Crippen LogP contribution in [0.15, 0.2) is 59.5 Å². The molecular formula is C21H29N3O2S. The Morgan fingerprint density at radius 3 is 2.37 bits per heavy atom. The summed E-state index contributed by atoms with van der Waals surface area (Å²) in [6.45, 7) is 6.25.